The van der Waals surface area contributed by atoms with Crippen molar-refractivity contribution in [2.24, 2.45) is 0 Å². The van der Waals surface area contributed by atoms with Crippen LogP contribution in [0.25, 0.3) is 0 Å². The zero-order valence-electron chi connectivity index (χ0n) is 8.97. The second kappa shape index (κ2) is 4.80. The van der Waals surface area contributed by atoms with E-state index in [1.807, 2.05) is 13.8 Å². The Morgan fingerprint density at radius 2 is 1.67 bits per heavy atom. The molecule has 0 aliphatic heterocycles. The Hall–Kier alpha value is -0.120. The van der Waals surface area contributed by atoms with Crippen LogP contribution in [0.3, 0.4) is 0 Å². The van der Waals surface area contributed by atoms with Gasteiger partial charge >= 0.3 is 0 Å². The van der Waals surface area contributed by atoms with Crippen molar-refractivity contribution >= 4 is 0 Å². The molecule has 0 fully saturated rings. The summed E-state index contributed by atoms with van der Waals surface area (Å²) in [5.41, 5.74) is 0.0763. The van der Waals surface area contributed by atoms with Gasteiger partial charge in [-0.3, -0.25) is 5.32 Å². The fraction of sp³-hybridized carbons (Fsp3) is 1.00. The van der Waals surface area contributed by atoms with Crippen LogP contribution in [-0.4, -0.2) is 25.2 Å². The van der Waals surface area contributed by atoms with Crippen molar-refractivity contribution < 1.29 is 9.47 Å². The molecule has 0 aromatic heterocycles. The molecule has 3 nitrogen and oxygen atoms in total. The summed E-state index contributed by atoms with van der Waals surface area (Å²) in [7, 11) is 1.63. The molecule has 0 aromatic rings. The smallest absolute Gasteiger partial charge is 0.156 e. The van der Waals surface area contributed by atoms with Gasteiger partial charge in [-0.2, -0.15) is 0 Å². The van der Waals surface area contributed by atoms with Crippen LogP contribution in [-0.2, 0) is 9.47 Å². The van der Waals surface area contributed by atoms with Gasteiger partial charge in [0, 0.05) is 12.6 Å². The summed E-state index contributed by atoms with van der Waals surface area (Å²) < 4.78 is 10.4. The number of hydrogen-bond acceptors (Lipinski definition) is 3. The van der Waals surface area contributed by atoms with Crippen LogP contribution < -0.4 is 5.32 Å². The third-order valence-electron chi connectivity index (χ3n) is 1.36. The maximum Gasteiger partial charge on any atom is 0.156 e. The molecule has 0 spiro atoms. The van der Waals surface area contributed by atoms with Crippen LogP contribution >= 0.6 is 0 Å². The molecule has 1 N–H and O–H groups in total. The second-order valence-corrected chi connectivity index (χ2v) is 3.98. The van der Waals surface area contributed by atoms with E-state index in [0.29, 0.717) is 0 Å². The minimum atomic E-state index is -0.158. The van der Waals surface area contributed by atoms with Crippen LogP contribution in [0, 0.1) is 0 Å². The van der Waals surface area contributed by atoms with Gasteiger partial charge in [0.05, 0.1) is 0 Å². The fourth-order valence-corrected chi connectivity index (χ4v) is 0.987. The van der Waals surface area contributed by atoms with E-state index >= 15 is 0 Å². The summed E-state index contributed by atoms with van der Waals surface area (Å²) in [4.78, 5) is 0. The molecule has 0 saturated heterocycles. The van der Waals surface area contributed by atoms with Crippen molar-refractivity contribution in [3.8, 4) is 0 Å². The predicted octanol–water partition coefficient (Wildman–Crippen LogP) is 1.73. The van der Waals surface area contributed by atoms with E-state index in [4.69, 9.17) is 9.47 Å². The Bertz CT molecular complexity index is 120. The fourth-order valence-electron chi connectivity index (χ4n) is 0.987. The van der Waals surface area contributed by atoms with E-state index < -0.39 is 0 Å². The van der Waals surface area contributed by atoms with Gasteiger partial charge in [-0.15, -0.1) is 0 Å². The molecule has 0 amide bonds. The largest absolute Gasteiger partial charge is 0.356 e. The first kappa shape index (κ1) is 11.9. The molecule has 2 unspecified atom stereocenters. The molecule has 0 rings (SSSR count). The number of methoxy groups -OCH3 is 1. The highest BCUT2D eigenvalue weighted by molar-refractivity contribution is 4.70. The summed E-state index contributed by atoms with van der Waals surface area (Å²) in [5, 5.41) is 3.28. The normalized spacial score (nSPS) is 17.5. The SMILES string of the molecule is COC(C)OC(C)NC(C)(C)C. The Kier molecular flexibility index (Phi) is 4.75. The summed E-state index contributed by atoms with van der Waals surface area (Å²) >= 11 is 0. The highest BCUT2D eigenvalue weighted by Crippen LogP contribution is 2.03. The molecule has 74 valence electrons. The van der Waals surface area contributed by atoms with Gasteiger partial charge in [0.2, 0.25) is 0 Å². The minimum absolute atomic E-state index is 0.0138. The van der Waals surface area contributed by atoms with Crippen LogP contribution in [0.15, 0.2) is 0 Å². The molecular weight excluding hydrogens is 154 g/mol. The van der Waals surface area contributed by atoms with Gasteiger partial charge < -0.3 is 9.47 Å². The molecule has 2 atom stereocenters. The molecule has 0 saturated carbocycles. The van der Waals surface area contributed by atoms with Gasteiger partial charge in [0.15, 0.2) is 6.29 Å². The molecule has 0 radical (unpaired) electrons. The Morgan fingerprint density at radius 1 is 1.17 bits per heavy atom. The topological polar surface area (TPSA) is 30.5 Å². The monoisotopic (exact) mass is 175 g/mol. The van der Waals surface area contributed by atoms with E-state index in [2.05, 4.69) is 26.1 Å². The maximum atomic E-state index is 5.44. The molecule has 0 aliphatic rings. The van der Waals surface area contributed by atoms with Gasteiger partial charge in [0.1, 0.15) is 6.23 Å². The van der Waals surface area contributed by atoms with Gasteiger partial charge in [-0.05, 0) is 34.6 Å². The van der Waals surface area contributed by atoms with Crippen molar-refractivity contribution in [2.75, 3.05) is 7.11 Å². The first-order chi connectivity index (χ1) is 5.35. The van der Waals surface area contributed by atoms with Crippen LogP contribution in [0.4, 0.5) is 0 Å². The van der Waals surface area contributed by atoms with Crippen LogP contribution in [0.5, 0.6) is 0 Å². The summed E-state index contributed by atoms with van der Waals surface area (Å²) in [5.74, 6) is 0. The Balaban J connectivity index is 3.66. The average molecular weight is 175 g/mol. The van der Waals surface area contributed by atoms with Gasteiger partial charge in [-0.25, -0.2) is 0 Å². The van der Waals surface area contributed by atoms with E-state index in [1.165, 1.54) is 0 Å². The summed E-state index contributed by atoms with van der Waals surface area (Å²) in [6.07, 6.45) is -0.144. The zero-order chi connectivity index (χ0) is 9.78. The van der Waals surface area contributed by atoms with Crippen molar-refractivity contribution in [3.05, 3.63) is 0 Å². The number of rotatable bonds is 4. The molecule has 3 heteroatoms. The number of ether oxygens (including phenoxy) is 2. The van der Waals surface area contributed by atoms with Crippen molar-refractivity contribution in [2.45, 2.75) is 52.7 Å². The van der Waals surface area contributed by atoms with E-state index in [9.17, 15) is 0 Å². The zero-order valence-corrected chi connectivity index (χ0v) is 8.97. The third kappa shape index (κ3) is 6.58. The predicted molar refractivity (Wildman–Crippen MR) is 49.9 cm³/mol. The highest BCUT2D eigenvalue weighted by Gasteiger charge is 2.15. The number of hydrogen-bond donors (Lipinski definition) is 1. The molecule has 0 bridgehead atoms. The Labute approximate surface area is 75.4 Å². The lowest BCUT2D eigenvalue weighted by atomic mass is 10.1. The molecule has 0 aliphatic carbocycles. The lowest BCUT2D eigenvalue weighted by Crippen LogP contribution is -2.44. The van der Waals surface area contributed by atoms with Crippen molar-refractivity contribution in [1.82, 2.24) is 5.32 Å². The van der Waals surface area contributed by atoms with Crippen molar-refractivity contribution in [3.63, 3.8) is 0 Å². The second-order valence-electron chi connectivity index (χ2n) is 3.98. The lowest BCUT2D eigenvalue weighted by Gasteiger charge is -2.27. The van der Waals surface area contributed by atoms with Gasteiger partial charge in [-0.1, -0.05) is 0 Å². The molecular formula is C9H21NO2. The van der Waals surface area contributed by atoms with E-state index in [1.54, 1.807) is 7.11 Å². The van der Waals surface area contributed by atoms with E-state index in [-0.39, 0.29) is 18.1 Å². The van der Waals surface area contributed by atoms with Crippen LogP contribution in [0.1, 0.15) is 34.6 Å². The number of nitrogens with one attached hydrogen (secondary N) is 1. The lowest BCUT2D eigenvalue weighted by molar-refractivity contribution is -0.151. The summed E-state index contributed by atoms with van der Waals surface area (Å²) in [6.45, 7) is 10.2. The first-order valence-corrected chi connectivity index (χ1v) is 4.31. The molecule has 0 heterocycles. The van der Waals surface area contributed by atoms with Gasteiger partial charge in [0.25, 0.3) is 0 Å². The minimum Gasteiger partial charge on any atom is -0.356 e. The van der Waals surface area contributed by atoms with Crippen LogP contribution in [0.2, 0.25) is 0 Å². The quantitative estimate of drug-likeness (QED) is 0.660. The average Bonchev–Trinajstić information content (AvgIpc) is 1.82. The van der Waals surface area contributed by atoms with Crippen molar-refractivity contribution in [1.29, 1.82) is 0 Å². The Morgan fingerprint density at radius 3 is 2.00 bits per heavy atom. The molecule has 0 aromatic carbocycles. The maximum absolute atomic E-state index is 5.44. The molecule has 12 heavy (non-hydrogen) atoms. The van der Waals surface area contributed by atoms with E-state index in [0.717, 1.165) is 0 Å². The third-order valence-corrected chi connectivity index (χ3v) is 1.36. The first-order valence-electron chi connectivity index (χ1n) is 4.31. The standard InChI is InChI=1S/C9H21NO2/c1-7(10-9(3,4)5)12-8(2)11-6/h7-8,10H,1-6H3. The highest BCUT2D eigenvalue weighted by atomic mass is 16.7. The summed E-state index contributed by atoms with van der Waals surface area (Å²) in [6, 6.07) is 0.